The lowest BCUT2D eigenvalue weighted by Gasteiger charge is -2.30. The lowest BCUT2D eigenvalue weighted by atomic mass is 9.75. The van der Waals surface area contributed by atoms with Crippen LogP contribution in [0.15, 0.2) is 29.1 Å². The van der Waals surface area contributed by atoms with Crippen molar-refractivity contribution in [3.63, 3.8) is 0 Å². The van der Waals surface area contributed by atoms with Crippen LogP contribution in [0, 0.1) is 0 Å². The summed E-state index contributed by atoms with van der Waals surface area (Å²) in [5.41, 5.74) is 1.60. The van der Waals surface area contributed by atoms with Crippen molar-refractivity contribution in [3.05, 3.63) is 40.2 Å². The van der Waals surface area contributed by atoms with Gasteiger partial charge < -0.3 is 10.3 Å². The normalized spacial score (nSPS) is 24.9. The number of anilines is 1. The van der Waals surface area contributed by atoms with E-state index in [0.717, 1.165) is 16.6 Å². The van der Waals surface area contributed by atoms with Crippen LogP contribution in [0.25, 0.3) is 10.9 Å². The number of H-pyrrole nitrogens is 1. The number of alkyl halides is 2. The van der Waals surface area contributed by atoms with Crippen molar-refractivity contribution >= 4 is 16.6 Å². The third kappa shape index (κ3) is 1.80. The Morgan fingerprint density at radius 3 is 2.75 bits per heavy atom. The summed E-state index contributed by atoms with van der Waals surface area (Å²) >= 11 is 0. The van der Waals surface area contributed by atoms with Crippen LogP contribution in [0.3, 0.4) is 0 Å². The number of halogens is 2. The number of fused-ring (bicyclic) bond motifs is 3. The number of hydrogen-bond acceptors (Lipinski definition) is 2. The van der Waals surface area contributed by atoms with E-state index in [2.05, 4.69) is 10.3 Å². The van der Waals surface area contributed by atoms with Gasteiger partial charge in [-0.15, -0.1) is 0 Å². The monoisotopic (exact) mass is 278 g/mol. The fraction of sp³-hybridized carbons (Fsp3) is 0.400. The molecule has 5 heteroatoms. The first kappa shape index (κ1) is 13.1. The smallest absolute Gasteiger partial charge is 0.248 e. The maximum absolute atomic E-state index is 13.0. The molecular weight excluding hydrogens is 262 g/mol. The van der Waals surface area contributed by atoms with Gasteiger partial charge in [-0.05, 0) is 30.7 Å². The van der Waals surface area contributed by atoms with Crippen LogP contribution in [0.4, 0.5) is 14.5 Å². The molecule has 0 radical (unpaired) electrons. The van der Waals surface area contributed by atoms with Gasteiger partial charge in [0.1, 0.15) is 0 Å². The molecule has 20 heavy (non-hydrogen) atoms. The summed E-state index contributed by atoms with van der Waals surface area (Å²) in [5, 5.41) is 4.11. The van der Waals surface area contributed by atoms with Crippen molar-refractivity contribution in [1.29, 1.82) is 0 Å². The van der Waals surface area contributed by atoms with Crippen molar-refractivity contribution in [2.24, 2.45) is 0 Å². The predicted molar refractivity (Wildman–Crippen MR) is 75.6 cm³/mol. The fourth-order valence-electron chi connectivity index (χ4n) is 3.18. The largest absolute Gasteiger partial charge is 0.381 e. The molecule has 106 valence electrons. The molecule has 2 atom stereocenters. The Morgan fingerprint density at radius 1 is 1.30 bits per heavy atom. The summed E-state index contributed by atoms with van der Waals surface area (Å²) in [6, 6.07) is 6.73. The summed E-state index contributed by atoms with van der Waals surface area (Å²) in [6.45, 7) is 3.77. The molecule has 0 aliphatic carbocycles. The SMILES string of the molecule is CC1Nc2ccc3[nH]c(=O)ccc3c2C1(C)CC(F)F. The number of aromatic nitrogens is 1. The van der Waals surface area contributed by atoms with Crippen LogP contribution >= 0.6 is 0 Å². The molecule has 0 spiro atoms. The Morgan fingerprint density at radius 2 is 2.05 bits per heavy atom. The van der Waals surface area contributed by atoms with E-state index in [9.17, 15) is 13.6 Å². The van der Waals surface area contributed by atoms with E-state index in [1.807, 2.05) is 26.0 Å². The lowest BCUT2D eigenvalue weighted by molar-refractivity contribution is 0.105. The van der Waals surface area contributed by atoms with Crippen molar-refractivity contribution in [2.75, 3.05) is 5.32 Å². The topological polar surface area (TPSA) is 44.9 Å². The lowest BCUT2D eigenvalue weighted by Crippen LogP contribution is -2.35. The highest BCUT2D eigenvalue weighted by molar-refractivity contribution is 5.90. The third-order valence-corrected chi connectivity index (χ3v) is 4.38. The van der Waals surface area contributed by atoms with Crippen molar-refractivity contribution in [2.45, 2.75) is 38.2 Å². The van der Waals surface area contributed by atoms with Crippen molar-refractivity contribution < 1.29 is 8.78 Å². The van der Waals surface area contributed by atoms with Gasteiger partial charge in [-0.2, -0.15) is 0 Å². The highest BCUT2D eigenvalue weighted by Crippen LogP contribution is 2.47. The minimum Gasteiger partial charge on any atom is -0.381 e. The van der Waals surface area contributed by atoms with Crippen LogP contribution < -0.4 is 10.9 Å². The number of rotatable bonds is 2. The van der Waals surface area contributed by atoms with E-state index in [4.69, 9.17) is 0 Å². The van der Waals surface area contributed by atoms with E-state index in [-0.39, 0.29) is 18.0 Å². The van der Waals surface area contributed by atoms with E-state index in [0.29, 0.717) is 5.52 Å². The van der Waals surface area contributed by atoms with Crippen LogP contribution in [0.2, 0.25) is 0 Å². The fourth-order valence-corrected chi connectivity index (χ4v) is 3.18. The average Bonchev–Trinajstić information content (AvgIpc) is 2.60. The van der Waals surface area contributed by atoms with E-state index < -0.39 is 11.8 Å². The second kappa shape index (κ2) is 4.30. The Balaban J connectivity index is 2.28. The number of aromatic amines is 1. The molecule has 3 rings (SSSR count). The summed E-state index contributed by atoms with van der Waals surface area (Å²) in [4.78, 5) is 14.2. The second-order valence-corrected chi connectivity index (χ2v) is 5.65. The average molecular weight is 278 g/mol. The molecule has 1 aromatic heterocycles. The first-order chi connectivity index (χ1) is 9.41. The van der Waals surface area contributed by atoms with E-state index in [1.54, 1.807) is 6.07 Å². The summed E-state index contributed by atoms with van der Waals surface area (Å²) in [6.07, 6.45) is -2.57. The van der Waals surface area contributed by atoms with Gasteiger partial charge >= 0.3 is 0 Å². The first-order valence-corrected chi connectivity index (χ1v) is 6.63. The standard InChI is InChI=1S/C15H16F2N2O/c1-8-15(2,7-12(16)17)14-9-3-6-13(20)19-10(9)4-5-11(14)18-8/h3-6,8,12,18H,7H2,1-2H3,(H,19,20). The van der Waals surface area contributed by atoms with Crippen LogP contribution in [-0.2, 0) is 5.41 Å². The molecular formula is C15H16F2N2O. The van der Waals surface area contributed by atoms with Crippen molar-refractivity contribution in [1.82, 2.24) is 4.98 Å². The molecule has 0 bridgehead atoms. The molecule has 1 aliphatic heterocycles. The minimum absolute atomic E-state index is 0.0796. The zero-order valence-corrected chi connectivity index (χ0v) is 11.3. The first-order valence-electron chi connectivity index (χ1n) is 6.63. The van der Waals surface area contributed by atoms with Crippen LogP contribution in [0.5, 0.6) is 0 Å². The quantitative estimate of drug-likeness (QED) is 0.885. The Labute approximate surface area is 115 Å². The third-order valence-electron chi connectivity index (χ3n) is 4.38. The maximum atomic E-state index is 13.0. The van der Waals surface area contributed by atoms with Gasteiger partial charge in [-0.25, -0.2) is 8.78 Å². The van der Waals surface area contributed by atoms with Gasteiger partial charge in [-0.1, -0.05) is 6.92 Å². The molecule has 1 aliphatic rings. The Bertz CT molecular complexity index is 725. The molecule has 0 saturated heterocycles. The van der Waals surface area contributed by atoms with E-state index in [1.165, 1.54) is 6.07 Å². The number of hydrogen-bond donors (Lipinski definition) is 2. The number of benzene rings is 1. The minimum atomic E-state index is -2.37. The Hall–Kier alpha value is -1.91. The zero-order valence-electron chi connectivity index (χ0n) is 11.3. The molecule has 2 unspecified atom stereocenters. The molecule has 0 fully saturated rings. The maximum Gasteiger partial charge on any atom is 0.248 e. The molecule has 1 aromatic carbocycles. The van der Waals surface area contributed by atoms with Gasteiger partial charge in [0.15, 0.2) is 0 Å². The van der Waals surface area contributed by atoms with E-state index >= 15 is 0 Å². The van der Waals surface area contributed by atoms with Gasteiger partial charge in [0.25, 0.3) is 0 Å². The molecule has 2 aromatic rings. The molecule has 0 saturated carbocycles. The molecule has 3 nitrogen and oxygen atoms in total. The highest BCUT2D eigenvalue weighted by atomic mass is 19.3. The van der Waals surface area contributed by atoms with Crippen LogP contribution in [0.1, 0.15) is 25.8 Å². The van der Waals surface area contributed by atoms with Gasteiger partial charge in [0.05, 0.1) is 0 Å². The number of pyridine rings is 1. The highest BCUT2D eigenvalue weighted by Gasteiger charge is 2.43. The summed E-state index contributed by atoms with van der Waals surface area (Å²) < 4.78 is 26.0. The van der Waals surface area contributed by atoms with Crippen LogP contribution in [-0.4, -0.2) is 17.5 Å². The zero-order chi connectivity index (χ0) is 14.5. The summed E-state index contributed by atoms with van der Waals surface area (Å²) in [5.74, 6) is 0. The van der Waals surface area contributed by atoms with Gasteiger partial charge in [0, 0.05) is 40.5 Å². The Kier molecular flexibility index (Phi) is 2.81. The van der Waals surface area contributed by atoms with Gasteiger partial charge in [-0.3, -0.25) is 4.79 Å². The second-order valence-electron chi connectivity index (χ2n) is 5.65. The number of nitrogens with one attached hydrogen (secondary N) is 2. The van der Waals surface area contributed by atoms with Gasteiger partial charge in [0.2, 0.25) is 12.0 Å². The summed E-state index contributed by atoms with van der Waals surface area (Å²) in [7, 11) is 0. The molecule has 2 N–H and O–H groups in total. The predicted octanol–water partition coefficient (Wildman–Crippen LogP) is 3.26. The van der Waals surface area contributed by atoms with Crippen molar-refractivity contribution in [3.8, 4) is 0 Å². The molecule has 2 heterocycles. The molecule has 0 amide bonds.